The topological polar surface area (TPSA) is 44.0 Å². The first-order valence-corrected chi connectivity index (χ1v) is 8.83. The van der Waals surface area contributed by atoms with Crippen LogP contribution in [0.15, 0.2) is 52.1 Å². The summed E-state index contributed by atoms with van der Waals surface area (Å²) >= 11 is 0. The summed E-state index contributed by atoms with van der Waals surface area (Å²) in [4.78, 5) is 9.04. The van der Waals surface area contributed by atoms with Gasteiger partial charge in [-0.2, -0.15) is 0 Å². The van der Waals surface area contributed by atoms with Gasteiger partial charge in [0.2, 0.25) is 0 Å². The normalized spacial score (nSPS) is 14.9. The Balaban J connectivity index is 0.00000243. The lowest BCUT2D eigenvalue weighted by atomic mass is 10.2. The summed E-state index contributed by atoms with van der Waals surface area (Å²) in [5.41, 5.74) is 0.682. The van der Waals surface area contributed by atoms with E-state index in [9.17, 15) is 4.39 Å². The van der Waals surface area contributed by atoms with Crippen LogP contribution in [0.1, 0.15) is 12.7 Å². The van der Waals surface area contributed by atoms with Gasteiger partial charge >= 0.3 is 0 Å². The van der Waals surface area contributed by atoms with Gasteiger partial charge in [0.1, 0.15) is 11.6 Å². The summed E-state index contributed by atoms with van der Waals surface area (Å²) in [5.74, 6) is 1.71. The van der Waals surface area contributed by atoms with Gasteiger partial charge in [0, 0.05) is 45.7 Å². The first-order chi connectivity index (χ1) is 12.3. The smallest absolute Gasteiger partial charge is 0.194 e. The molecular formula is C19H26FIN4O. The molecule has 5 nitrogen and oxygen atoms in total. The Labute approximate surface area is 171 Å². The number of nitrogens with one attached hydrogen (secondary N) is 1. The summed E-state index contributed by atoms with van der Waals surface area (Å²) in [5, 5.41) is 3.35. The van der Waals surface area contributed by atoms with Crippen LogP contribution in [-0.2, 0) is 6.42 Å². The molecule has 0 atom stereocenters. The highest BCUT2D eigenvalue weighted by molar-refractivity contribution is 14.0. The molecule has 0 amide bonds. The number of piperazine rings is 1. The van der Waals surface area contributed by atoms with Gasteiger partial charge in [0.25, 0.3) is 0 Å². The van der Waals surface area contributed by atoms with E-state index in [1.54, 1.807) is 12.3 Å². The minimum atomic E-state index is -0.157. The molecule has 0 radical (unpaired) electrons. The first-order valence-electron chi connectivity index (χ1n) is 8.83. The van der Waals surface area contributed by atoms with Gasteiger partial charge in [-0.05, 0) is 31.2 Å². The van der Waals surface area contributed by atoms with Crippen LogP contribution in [-0.4, -0.2) is 50.1 Å². The van der Waals surface area contributed by atoms with Crippen molar-refractivity contribution in [1.82, 2.24) is 10.2 Å². The van der Waals surface area contributed by atoms with E-state index in [1.807, 2.05) is 24.3 Å². The molecule has 2 aromatic rings. The predicted octanol–water partition coefficient (Wildman–Crippen LogP) is 3.37. The third kappa shape index (κ3) is 5.36. The molecule has 1 fully saturated rings. The zero-order valence-corrected chi connectivity index (χ0v) is 17.4. The number of halogens is 2. The summed E-state index contributed by atoms with van der Waals surface area (Å²) in [6.45, 7) is 6.78. The van der Waals surface area contributed by atoms with Crippen molar-refractivity contribution in [3.8, 4) is 0 Å². The Kier molecular flexibility index (Phi) is 8.21. The van der Waals surface area contributed by atoms with E-state index in [0.717, 1.165) is 50.9 Å². The molecule has 26 heavy (non-hydrogen) atoms. The van der Waals surface area contributed by atoms with Crippen molar-refractivity contribution in [2.24, 2.45) is 4.99 Å². The lowest BCUT2D eigenvalue weighted by Gasteiger charge is -2.37. The second-order valence-electron chi connectivity index (χ2n) is 5.99. The third-order valence-corrected chi connectivity index (χ3v) is 4.31. The first kappa shape index (κ1) is 20.5. The maximum Gasteiger partial charge on any atom is 0.194 e. The van der Waals surface area contributed by atoms with Crippen molar-refractivity contribution in [2.45, 2.75) is 13.3 Å². The SMILES string of the molecule is CCNC(=NCCc1ccco1)N1CCN(c2ccccc2F)CC1.I. The maximum absolute atomic E-state index is 14.0. The number of hydrogen-bond acceptors (Lipinski definition) is 3. The number of para-hydroxylation sites is 1. The predicted molar refractivity (Wildman–Crippen MR) is 114 cm³/mol. The molecule has 7 heteroatoms. The lowest BCUT2D eigenvalue weighted by molar-refractivity contribution is 0.370. The molecule has 1 aromatic carbocycles. The molecule has 1 aliphatic heterocycles. The fraction of sp³-hybridized carbons (Fsp3) is 0.421. The Bertz CT molecular complexity index is 685. The van der Waals surface area contributed by atoms with Crippen molar-refractivity contribution < 1.29 is 8.81 Å². The lowest BCUT2D eigenvalue weighted by Crippen LogP contribution is -2.52. The van der Waals surface area contributed by atoms with E-state index in [1.165, 1.54) is 6.07 Å². The van der Waals surface area contributed by atoms with E-state index in [2.05, 4.69) is 22.0 Å². The van der Waals surface area contributed by atoms with Gasteiger partial charge < -0.3 is 19.5 Å². The monoisotopic (exact) mass is 472 g/mol. The van der Waals surface area contributed by atoms with Crippen LogP contribution in [0.2, 0.25) is 0 Å². The Hall–Kier alpha value is -1.77. The maximum atomic E-state index is 14.0. The molecule has 0 bridgehead atoms. The number of anilines is 1. The van der Waals surface area contributed by atoms with Crippen LogP contribution in [0.3, 0.4) is 0 Å². The molecule has 0 unspecified atom stereocenters. The average Bonchev–Trinajstić information content (AvgIpc) is 3.15. The van der Waals surface area contributed by atoms with Crippen molar-refractivity contribution in [3.63, 3.8) is 0 Å². The zero-order valence-electron chi connectivity index (χ0n) is 15.0. The van der Waals surface area contributed by atoms with E-state index in [4.69, 9.17) is 9.41 Å². The average molecular weight is 472 g/mol. The van der Waals surface area contributed by atoms with Crippen molar-refractivity contribution >= 4 is 35.6 Å². The summed E-state index contributed by atoms with van der Waals surface area (Å²) in [6, 6.07) is 10.8. The van der Waals surface area contributed by atoms with Crippen LogP contribution >= 0.6 is 24.0 Å². The van der Waals surface area contributed by atoms with E-state index < -0.39 is 0 Å². The molecule has 0 spiro atoms. The van der Waals surface area contributed by atoms with Crippen LogP contribution in [0.5, 0.6) is 0 Å². The number of furan rings is 1. The largest absolute Gasteiger partial charge is 0.469 e. The highest BCUT2D eigenvalue weighted by Crippen LogP contribution is 2.20. The zero-order chi connectivity index (χ0) is 17.5. The van der Waals surface area contributed by atoms with Gasteiger partial charge in [-0.3, -0.25) is 4.99 Å². The van der Waals surface area contributed by atoms with E-state index in [0.29, 0.717) is 12.2 Å². The summed E-state index contributed by atoms with van der Waals surface area (Å²) < 4.78 is 19.3. The molecule has 1 saturated heterocycles. The van der Waals surface area contributed by atoms with E-state index in [-0.39, 0.29) is 29.8 Å². The van der Waals surface area contributed by atoms with E-state index >= 15 is 0 Å². The molecule has 1 aromatic heterocycles. The van der Waals surface area contributed by atoms with Crippen LogP contribution in [0, 0.1) is 5.82 Å². The minimum Gasteiger partial charge on any atom is -0.469 e. The fourth-order valence-electron chi connectivity index (χ4n) is 3.02. The number of nitrogens with zero attached hydrogens (tertiary/aromatic N) is 3. The fourth-order valence-corrected chi connectivity index (χ4v) is 3.02. The minimum absolute atomic E-state index is 0. The Morgan fingerprint density at radius 1 is 1.15 bits per heavy atom. The highest BCUT2D eigenvalue weighted by atomic mass is 127. The third-order valence-electron chi connectivity index (χ3n) is 4.31. The second-order valence-corrected chi connectivity index (χ2v) is 5.99. The summed E-state index contributed by atoms with van der Waals surface area (Å²) in [6.07, 6.45) is 2.48. The molecule has 0 saturated carbocycles. The van der Waals surface area contributed by atoms with Crippen LogP contribution in [0.4, 0.5) is 10.1 Å². The molecule has 1 aliphatic rings. The Morgan fingerprint density at radius 2 is 1.92 bits per heavy atom. The number of aliphatic imine (C=N–C) groups is 1. The van der Waals surface area contributed by atoms with Gasteiger partial charge in [-0.1, -0.05) is 12.1 Å². The van der Waals surface area contributed by atoms with Crippen molar-refractivity contribution in [3.05, 3.63) is 54.2 Å². The second kappa shape index (κ2) is 10.4. The molecule has 1 N–H and O–H groups in total. The highest BCUT2D eigenvalue weighted by Gasteiger charge is 2.21. The number of rotatable bonds is 5. The van der Waals surface area contributed by atoms with Crippen molar-refractivity contribution in [2.75, 3.05) is 44.2 Å². The van der Waals surface area contributed by atoms with Gasteiger partial charge in [-0.25, -0.2) is 4.39 Å². The van der Waals surface area contributed by atoms with Crippen LogP contribution in [0.25, 0.3) is 0 Å². The molecule has 2 heterocycles. The Morgan fingerprint density at radius 3 is 2.58 bits per heavy atom. The molecular weight excluding hydrogens is 446 g/mol. The molecule has 3 rings (SSSR count). The standard InChI is InChI=1S/C19H25FN4O.HI/c1-2-21-19(22-10-9-16-6-5-15-25-16)24-13-11-23(12-14-24)18-8-4-3-7-17(18)20;/h3-8,15H,2,9-14H2,1H3,(H,21,22);1H. The van der Waals surface area contributed by atoms with Crippen LogP contribution < -0.4 is 10.2 Å². The number of hydrogen-bond donors (Lipinski definition) is 1. The van der Waals surface area contributed by atoms with Gasteiger partial charge in [0.15, 0.2) is 5.96 Å². The number of benzene rings is 1. The van der Waals surface area contributed by atoms with Gasteiger partial charge in [-0.15, -0.1) is 24.0 Å². The quantitative estimate of drug-likeness (QED) is 0.412. The van der Waals surface area contributed by atoms with Crippen molar-refractivity contribution in [1.29, 1.82) is 0 Å². The number of guanidine groups is 1. The van der Waals surface area contributed by atoms with Gasteiger partial charge in [0.05, 0.1) is 12.0 Å². The molecule has 0 aliphatic carbocycles. The summed E-state index contributed by atoms with van der Waals surface area (Å²) in [7, 11) is 0. The molecule has 142 valence electrons.